The average Bonchev–Trinajstić information content (AvgIpc) is 3.56. The smallest absolute Gasteiger partial charge is 0.265 e. The van der Waals surface area contributed by atoms with Crippen molar-refractivity contribution in [3.8, 4) is 17.2 Å². The third-order valence-electron chi connectivity index (χ3n) is 7.99. The molecule has 0 aliphatic carbocycles. The van der Waals surface area contributed by atoms with Crippen molar-refractivity contribution in [2.45, 2.75) is 18.9 Å². The number of hydrogen-bond donors (Lipinski definition) is 2. The van der Waals surface area contributed by atoms with Gasteiger partial charge in [0.1, 0.15) is 0 Å². The monoisotopic (exact) mass is 600 g/mol. The van der Waals surface area contributed by atoms with Gasteiger partial charge < -0.3 is 34.3 Å². The Balaban J connectivity index is 1.32. The molecule has 2 aromatic carbocycles. The summed E-state index contributed by atoms with van der Waals surface area (Å²) in [5.41, 5.74) is 3.28. The van der Waals surface area contributed by atoms with Gasteiger partial charge in [-0.1, -0.05) is 12.1 Å². The second kappa shape index (κ2) is 11.8. The lowest BCUT2D eigenvalue weighted by molar-refractivity contribution is 0.101. The molecule has 0 saturated carbocycles. The first-order chi connectivity index (χ1) is 20.9. The SMILES string of the molecule is COc1cc(NC(=O)c2ccc(N3CC4CC(C3)c3cccc(=O)n3C4)c(NC(=O)c3cccs3)c2)cc(OC)c1OC. The number of fused-ring (bicyclic) bond motifs is 4. The normalized spacial score (nSPS) is 17.0. The van der Waals surface area contributed by atoms with E-state index in [2.05, 4.69) is 15.5 Å². The van der Waals surface area contributed by atoms with Crippen molar-refractivity contribution in [3.05, 3.63) is 92.5 Å². The van der Waals surface area contributed by atoms with Gasteiger partial charge in [-0.15, -0.1) is 11.3 Å². The molecule has 2 unspecified atom stereocenters. The van der Waals surface area contributed by atoms with E-state index in [1.807, 2.05) is 34.2 Å². The van der Waals surface area contributed by atoms with Gasteiger partial charge in [-0.05, 0) is 48.1 Å². The van der Waals surface area contributed by atoms with E-state index in [1.165, 1.54) is 32.7 Å². The Morgan fingerprint density at radius 2 is 1.65 bits per heavy atom. The van der Waals surface area contributed by atoms with Gasteiger partial charge in [0.2, 0.25) is 5.75 Å². The lowest BCUT2D eigenvalue weighted by Crippen LogP contribution is -2.47. The predicted octanol–water partition coefficient (Wildman–Crippen LogP) is 5.06. The lowest BCUT2D eigenvalue weighted by Gasteiger charge is -2.44. The molecule has 43 heavy (non-hydrogen) atoms. The first-order valence-electron chi connectivity index (χ1n) is 13.9. The van der Waals surface area contributed by atoms with Gasteiger partial charge in [0.05, 0.1) is 37.6 Å². The number of methoxy groups -OCH3 is 3. The molecular formula is C32H32N4O6S. The Morgan fingerprint density at radius 3 is 2.35 bits per heavy atom. The van der Waals surface area contributed by atoms with Crippen LogP contribution in [0.3, 0.4) is 0 Å². The fourth-order valence-corrected chi connectivity index (χ4v) is 6.71. The highest BCUT2D eigenvalue weighted by Gasteiger charge is 2.35. The minimum atomic E-state index is -0.365. The molecule has 2 bridgehead atoms. The number of hydrogen-bond acceptors (Lipinski definition) is 8. The molecule has 6 rings (SSSR count). The quantitative estimate of drug-likeness (QED) is 0.291. The summed E-state index contributed by atoms with van der Waals surface area (Å²) in [5.74, 6) is 1.11. The summed E-state index contributed by atoms with van der Waals surface area (Å²) in [4.78, 5) is 42.0. The molecule has 10 nitrogen and oxygen atoms in total. The molecule has 1 fully saturated rings. The van der Waals surface area contributed by atoms with Crippen molar-refractivity contribution >= 4 is 40.2 Å². The Labute approximate surface area is 252 Å². The summed E-state index contributed by atoms with van der Waals surface area (Å²) in [6, 6.07) is 17.7. The van der Waals surface area contributed by atoms with E-state index in [0.29, 0.717) is 52.2 Å². The van der Waals surface area contributed by atoms with Crippen LogP contribution >= 0.6 is 11.3 Å². The fourth-order valence-electron chi connectivity index (χ4n) is 6.09. The minimum Gasteiger partial charge on any atom is -0.493 e. The number of ether oxygens (including phenoxy) is 3. The van der Waals surface area contributed by atoms with Crippen LogP contribution in [0.2, 0.25) is 0 Å². The zero-order valence-electron chi connectivity index (χ0n) is 24.1. The van der Waals surface area contributed by atoms with Crippen LogP contribution in [-0.2, 0) is 6.54 Å². The van der Waals surface area contributed by atoms with Gasteiger partial charge in [-0.25, -0.2) is 0 Å². The number of nitrogens with zero attached hydrogens (tertiary/aromatic N) is 2. The Bertz CT molecular complexity index is 1710. The number of piperidine rings is 1. The molecule has 2 amide bonds. The van der Waals surface area contributed by atoms with Crippen LogP contribution < -0.4 is 35.3 Å². The van der Waals surface area contributed by atoms with Gasteiger partial charge in [0.25, 0.3) is 17.4 Å². The number of nitrogens with one attached hydrogen (secondary N) is 2. The van der Waals surface area contributed by atoms with E-state index in [0.717, 1.165) is 24.3 Å². The maximum absolute atomic E-state index is 13.5. The Hall–Kier alpha value is -4.77. The van der Waals surface area contributed by atoms with Gasteiger partial charge in [0.15, 0.2) is 11.5 Å². The molecule has 2 aliphatic heterocycles. The highest BCUT2D eigenvalue weighted by atomic mass is 32.1. The maximum atomic E-state index is 13.5. The molecule has 0 spiro atoms. The summed E-state index contributed by atoms with van der Waals surface area (Å²) < 4.78 is 18.1. The van der Waals surface area contributed by atoms with Gasteiger partial charge in [-0.3, -0.25) is 14.4 Å². The van der Waals surface area contributed by atoms with Crippen molar-refractivity contribution in [1.29, 1.82) is 0 Å². The van der Waals surface area contributed by atoms with Crippen LogP contribution in [0.15, 0.2) is 70.8 Å². The van der Waals surface area contributed by atoms with Crippen molar-refractivity contribution in [3.63, 3.8) is 0 Å². The van der Waals surface area contributed by atoms with Crippen molar-refractivity contribution in [1.82, 2.24) is 4.57 Å². The van der Waals surface area contributed by atoms with E-state index in [-0.39, 0.29) is 29.2 Å². The zero-order chi connectivity index (χ0) is 30.1. The third kappa shape index (κ3) is 5.55. The standard InChI is InChI=1S/C32H32N4O6S/c1-40-26-14-22(15-27(41-2)30(26)42-3)33-31(38)20-9-10-25(23(13-20)34-32(39)28-7-5-11-43-28)35-16-19-12-21(18-35)24-6-4-8-29(37)36(24)17-19/h4-11,13-15,19,21H,12,16-18H2,1-3H3,(H,33,38)(H,34,39). The van der Waals surface area contributed by atoms with Gasteiger partial charge in [-0.2, -0.15) is 0 Å². The molecule has 2 atom stereocenters. The van der Waals surface area contributed by atoms with Crippen molar-refractivity contribution < 1.29 is 23.8 Å². The molecule has 2 N–H and O–H groups in total. The minimum absolute atomic E-state index is 0.0343. The number of amides is 2. The summed E-state index contributed by atoms with van der Waals surface area (Å²) in [5, 5.41) is 7.81. The number of pyridine rings is 1. The van der Waals surface area contributed by atoms with Crippen molar-refractivity contribution in [2.75, 3.05) is 50.0 Å². The van der Waals surface area contributed by atoms with Crippen LogP contribution in [0.4, 0.5) is 17.1 Å². The van der Waals surface area contributed by atoms with E-state index >= 15 is 0 Å². The third-order valence-corrected chi connectivity index (χ3v) is 8.86. The first kappa shape index (κ1) is 28.4. The number of thiophene rings is 1. The summed E-state index contributed by atoms with van der Waals surface area (Å²) >= 11 is 1.35. The predicted molar refractivity (Wildman–Crippen MR) is 167 cm³/mol. The highest BCUT2D eigenvalue weighted by Crippen LogP contribution is 2.41. The topological polar surface area (TPSA) is 111 Å². The van der Waals surface area contributed by atoms with E-state index in [4.69, 9.17) is 14.2 Å². The molecule has 2 aliphatic rings. The van der Waals surface area contributed by atoms with E-state index in [1.54, 1.807) is 36.4 Å². The Morgan fingerprint density at radius 1 is 0.860 bits per heavy atom. The second-order valence-corrected chi connectivity index (χ2v) is 11.6. The largest absolute Gasteiger partial charge is 0.493 e. The van der Waals surface area contributed by atoms with Crippen molar-refractivity contribution in [2.24, 2.45) is 5.92 Å². The summed E-state index contributed by atoms with van der Waals surface area (Å²) in [6.45, 7) is 2.09. The second-order valence-electron chi connectivity index (χ2n) is 10.6. The molecule has 4 aromatic rings. The average molecular weight is 601 g/mol. The van der Waals surface area contributed by atoms with Crippen LogP contribution in [0.5, 0.6) is 17.2 Å². The molecule has 11 heteroatoms. The fraction of sp³-hybridized carbons (Fsp3) is 0.281. The van der Waals surface area contributed by atoms with Crippen LogP contribution in [0.25, 0.3) is 0 Å². The molecule has 2 aromatic heterocycles. The number of carbonyl (C=O) groups excluding carboxylic acids is 2. The summed E-state index contributed by atoms with van der Waals surface area (Å²) in [7, 11) is 4.53. The van der Waals surface area contributed by atoms with E-state index in [9.17, 15) is 14.4 Å². The first-order valence-corrected chi connectivity index (χ1v) is 14.8. The molecule has 222 valence electrons. The maximum Gasteiger partial charge on any atom is 0.265 e. The summed E-state index contributed by atoms with van der Waals surface area (Å²) in [6.07, 6.45) is 1.01. The highest BCUT2D eigenvalue weighted by molar-refractivity contribution is 7.12. The molecular weight excluding hydrogens is 568 g/mol. The molecule has 1 saturated heterocycles. The number of benzene rings is 2. The number of anilines is 3. The van der Waals surface area contributed by atoms with Crippen LogP contribution in [0.1, 0.15) is 38.1 Å². The Kier molecular flexibility index (Phi) is 7.81. The van der Waals surface area contributed by atoms with Crippen LogP contribution in [-0.4, -0.2) is 50.8 Å². The lowest BCUT2D eigenvalue weighted by atomic mass is 9.83. The number of carbonyl (C=O) groups is 2. The zero-order valence-corrected chi connectivity index (χ0v) is 24.9. The molecule has 0 radical (unpaired) electrons. The van der Waals surface area contributed by atoms with Gasteiger partial charge >= 0.3 is 0 Å². The number of aromatic nitrogens is 1. The van der Waals surface area contributed by atoms with Crippen LogP contribution in [0, 0.1) is 5.92 Å². The molecule has 4 heterocycles. The van der Waals surface area contributed by atoms with Gasteiger partial charge in [0, 0.05) is 60.7 Å². The van der Waals surface area contributed by atoms with E-state index < -0.39 is 0 Å². The number of rotatable bonds is 8.